The minimum absolute atomic E-state index is 0.0212. The summed E-state index contributed by atoms with van der Waals surface area (Å²) < 4.78 is 10.1. The zero-order chi connectivity index (χ0) is 17.5. The van der Waals surface area contributed by atoms with Crippen LogP contribution in [0, 0.1) is 11.3 Å². The first kappa shape index (κ1) is 17.4. The van der Waals surface area contributed by atoms with Gasteiger partial charge in [0, 0.05) is 5.69 Å². The van der Waals surface area contributed by atoms with Gasteiger partial charge in [0.1, 0.15) is 23.1 Å². The molecular weight excluding hydrogens is 328 g/mol. The Labute approximate surface area is 145 Å². The standard InChI is InChI=1S/C18H15ClN2O3/c1-23-15-6-3-12(4-7-15)9-13(11-20)18(22)21-14-5-8-17(24-2)16(19)10-14/h3-10H,1-2H3,(H,21,22)/b13-9+. The topological polar surface area (TPSA) is 71.3 Å². The fourth-order valence-corrected chi connectivity index (χ4v) is 2.22. The fraction of sp³-hybridized carbons (Fsp3) is 0.111. The molecule has 5 nitrogen and oxygen atoms in total. The fourth-order valence-electron chi connectivity index (χ4n) is 1.96. The molecule has 0 atom stereocenters. The number of carbonyl (C=O) groups is 1. The molecule has 1 N–H and O–H groups in total. The number of nitrogens with one attached hydrogen (secondary N) is 1. The van der Waals surface area contributed by atoms with Gasteiger partial charge in [-0.05, 0) is 42.0 Å². The van der Waals surface area contributed by atoms with E-state index in [1.54, 1.807) is 49.6 Å². The van der Waals surface area contributed by atoms with Crippen molar-refractivity contribution in [2.24, 2.45) is 0 Å². The lowest BCUT2D eigenvalue weighted by Gasteiger charge is -2.07. The van der Waals surface area contributed by atoms with Gasteiger partial charge >= 0.3 is 0 Å². The molecule has 0 heterocycles. The molecule has 1 amide bonds. The lowest BCUT2D eigenvalue weighted by molar-refractivity contribution is -0.112. The average Bonchev–Trinajstić information content (AvgIpc) is 2.60. The van der Waals surface area contributed by atoms with Crippen LogP contribution in [0.2, 0.25) is 5.02 Å². The quantitative estimate of drug-likeness (QED) is 0.660. The van der Waals surface area contributed by atoms with Crippen LogP contribution >= 0.6 is 11.6 Å². The number of rotatable bonds is 5. The Bertz CT molecular complexity index is 808. The van der Waals surface area contributed by atoms with Gasteiger partial charge in [0.15, 0.2) is 0 Å². The van der Waals surface area contributed by atoms with Crippen molar-refractivity contribution in [2.45, 2.75) is 0 Å². The molecule has 0 radical (unpaired) electrons. The SMILES string of the molecule is COc1ccc(/C=C(\C#N)C(=O)Nc2ccc(OC)c(Cl)c2)cc1. The molecule has 0 saturated carbocycles. The third-order valence-electron chi connectivity index (χ3n) is 3.20. The number of hydrogen-bond acceptors (Lipinski definition) is 4. The molecule has 122 valence electrons. The molecule has 24 heavy (non-hydrogen) atoms. The minimum Gasteiger partial charge on any atom is -0.497 e. The van der Waals surface area contributed by atoms with Crippen LogP contribution in [0.25, 0.3) is 6.08 Å². The molecule has 0 fully saturated rings. The number of nitriles is 1. The summed E-state index contributed by atoms with van der Waals surface area (Å²) in [5.74, 6) is 0.682. The number of amides is 1. The third-order valence-corrected chi connectivity index (χ3v) is 3.50. The van der Waals surface area contributed by atoms with Gasteiger partial charge in [-0.2, -0.15) is 5.26 Å². The van der Waals surface area contributed by atoms with Crippen LogP contribution in [0.3, 0.4) is 0 Å². The lowest BCUT2D eigenvalue weighted by atomic mass is 10.1. The van der Waals surface area contributed by atoms with Crippen LogP contribution < -0.4 is 14.8 Å². The molecule has 0 aromatic heterocycles. The van der Waals surface area contributed by atoms with Crippen LogP contribution in [0.15, 0.2) is 48.0 Å². The number of halogens is 1. The van der Waals surface area contributed by atoms with Crippen molar-refractivity contribution in [2.75, 3.05) is 19.5 Å². The monoisotopic (exact) mass is 342 g/mol. The van der Waals surface area contributed by atoms with Crippen molar-refractivity contribution >= 4 is 29.3 Å². The van der Waals surface area contributed by atoms with Crippen molar-refractivity contribution in [3.8, 4) is 17.6 Å². The van der Waals surface area contributed by atoms with E-state index in [4.69, 9.17) is 21.1 Å². The maximum absolute atomic E-state index is 12.2. The second-order valence-corrected chi connectivity index (χ2v) is 5.15. The summed E-state index contributed by atoms with van der Waals surface area (Å²) in [5.41, 5.74) is 1.17. The molecule has 0 saturated heterocycles. The Morgan fingerprint density at radius 2 is 1.88 bits per heavy atom. The van der Waals surface area contributed by atoms with Crippen LogP contribution in [-0.2, 0) is 4.79 Å². The molecule has 0 aliphatic rings. The van der Waals surface area contributed by atoms with E-state index in [1.807, 2.05) is 6.07 Å². The molecule has 2 aromatic carbocycles. The van der Waals surface area contributed by atoms with Crippen molar-refractivity contribution < 1.29 is 14.3 Å². The molecule has 2 aromatic rings. The van der Waals surface area contributed by atoms with E-state index in [0.29, 0.717) is 22.2 Å². The molecule has 0 aliphatic carbocycles. The number of hydrogen-bond donors (Lipinski definition) is 1. The molecule has 0 bridgehead atoms. The molecule has 0 unspecified atom stereocenters. The zero-order valence-electron chi connectivity index (χ0n) is 13.2. The van der Waals surface area contributed by atoms with Crippen molar-refractivity contribution in [3.63, 3.8) is 0 Å². The molecule has 0 spiro atoms. The van der Waals surface area contributed by atoms with Gasteiger partial charge in [-0.1, -0.05) is 23.7 Å². The second-order valence-electron chi connectivity index (χ2n) is 4.75. The number of ether oxygens (including phenoxy) is 2. The maximum Gasteiger partial charge on any atom is 0.266 e. The minimum atomic E-state index is -0.519. The van der Waals surface area contributed by atoms with Crippen molar-refractivity contribution in [1.29, 1.82) is 5.26 Å². The number of methoxy groups -OCH3 is 2. The Morgan fingerprint density at radius 1 is 1.17 bits per heavy atom. The zero-order valence-corrected chi connectivity index (χ0v) is 13.9. The van der Waals surface area contributed by atoms with E-state index < -0.39 is 5.91 Å². The summed E-state index contributed by atoms with van der Waals surface area (Å²) in [6.07, 6.45) is 1.50. The second kappa shape index (κ2) is 8.04. The first-order valence-corrected chi connectivity index (χ1v) is 7.36. The van der Waals surface area contributed by atoms with Crippen LogP contribution in [0.1, 0.15) is 5.56 Å². The van der Waals surface area contributed by atoms with Gasteiger partial charge in [-0.15, -0.1) is 0 Å². The first-order valence-electron chi connectivity index (χ1n) is 6.98. The number of anilines is 1. The Morgan fingerprint density at radius 3 is 2.42 bits per heavy atom. The van der Waals surface area contributed by atoms with E-state index in [-0.39, 0.29) is 5.57 Å². The Balaban J connectivity index is 2.17. The predicted molar refractivity (Wildman–Crippen MR) is 93.2 cm³/mol. The highest BCUT2D eigenvalue weighted by molar-refractivity contribution is 6.32. The predicted octanol–water partition coefficient (Wildman–Crippen LogP) is 3.90. The van der Waals surface area contributed by atoms with Gasteiger partial charge in [0.25, 0.3) is 5.91 Å². The largest absolute Gasteiger partial charge is 0.497 e. The van der Waals surface area contributed by atoms with Crippen LogP contribution in [0.5, 0.6) is 11.5 Å². The summed E-state index contributed by atoms with van der Waals surface area (Å²) >= 11 is 6.02. The number of carbonyl (C=O) groups excluding carboxylic acids is 1. The van der Waals surface area contributed by atoms with Gasteiger partial charge in [0.2, 0.25) is 0 Å². The number of nitrogens with zero attached hydrogens (tertiary/aromatic N) is 1. The summed E-state index contributed by atoms with van der Waals surface area (Å²) in [4.78, 5) is 12.2. The molecular formula is C18H15ClN2O3. The van der Waals surface area contributed by atoms with E-state index in [0.717, 1.165) is 5.56 Å². The van der Waals surface area contributed by atoms with Crippen LogP contribution in [-0.4, -0.2) is 20.1 Å². The molecule has 6 heteroatoms. The average molecular weight is 343 g/mol. The molecule has 2 rings (SSSR count). The molecule has 0 aliphatic heterocycles. The lowest BCUT2D eigenvalue weighted by Crippen LogP contribution is -2.13. The van der Waals surface area contributed by atoms with E-state index in [1.165, 1.54) is 13.2 Å². The smallest absolute Gasteiger partial charge is 0.266 e. The third kappa shape index (κ3) is 4.28. The van der Waals surface area contributed by atoms with Gasteiger partial charge in [-0.25, -0.2) is 0 Å². The van der Waals surface area contributed by atoms with E-state index in [9.17, 15) is 10.1 Å². The summed E-state index contributed by atoms with van der Waals surface area (Å²) in [6.45, 7) is 0. The van der Waals surface area contributed by atoms with E-state index >= 15 is 0 Å². The summed E-state index contributed by atoms with van der Waals surface area (Å²) in [7, 11) is 3.07. The van der Waals surface area contributed by atoms with Gasteiger partial charge in [-0.3, -0.25) is 4.79 Å². The van der Waals surface area contributed by atoms with E-state index in [2.05, 4.69) is 5.32 Å². The highest BCUT2D eigenvalue weighted by Crippen LogP contribution is 2.27. The first-order chi connectivity index (χ1) is 11.6. The number of benzene rings is 2. The van der Waals surface area contributed by atoms with Crippen LogP contribution in [0.4, 0.5) is 5.69 Å². The highest BCUT2D eigenvalue weighted by atomic mass is 35.5. The Hall–Kier alpha value is -2.97. The Kier molecular flexibility index (Phi) is 5.83. The van der Waals surface area contributed by atoms with Gasteiger partial charge in [0.05, 0.1) is 19.2 Å². The summed E-state index contributed by atoms with van der Waals surface area (Å²) in [6, 6.07) is 13.8. The van der Waals surface area contributed by atoms with Crippen molar-refractivity contribution in [1.82, 2.24) is 0 Å². The highest BCUT2D eigenvalue weighted by Gasteiger charge is 2.11. The van der Waals surface area contributed by atoms with Crippen molar-refractivity contribution in [3.05, 3.63) is 58.6 Å². The normalized spacial score (nSPS) is 10.7. The van der Waals surface area contributed by atoms with Gasteiger partial charge < -0.3 is 14.8 Å². The maximum atomic E-state index is 12.2. The summed E-state index contributed by atoms with van der Waals surface area (Å²) in [5, 5.41) is 12.2.